The van der Waals surface area contributed by atoms with E-state index in [0.717, 1.165) is 22.9 Å². The second kappa shape index (κ2) is 12.7. The van der Waals surface area contributed by atoms with E-state index in [4.69, 9.17) is 16.3 Å². The van der Waals surface area contributed by atoms with E-state index in [2.05, 4.69) is 21.2 Å². The van der Waals surface area contributed by atoms with Crippen LogP contribution in [-0.2, 0) is 16.1 Å². The first-order valence-electron chi connectivity index (χ1n) is 10.2. The molecule has 168 valence electrons. The molecular weight excluding hydrogens is 487 g/mol. The topological polar surface area (TPSA) is 58.6 Å². The Morgan fingerprint density at radius 3 is 2.52 bits per heavy atom. The standard InChI is InChI=1S/C23H27BrClFN2O3/c1-3-5-12-27-23(30)20(4-2)28(14-16-6-9-18(26)10-7-16)22(29)15-31-21-11-8-17(24)13-19(21)25/h6-11,13,20H,3-5,12,14-15H2,1-2H3,(H,27,30)/t20-/m0/s1. The van der Waals surface area contributed by atoms with Gasteiger partial charge in [-0.15, -0.1) is 0 Å². The molecule has 1 atom stereocenters. The molecular formula is C23H27BrClFN2O3. The molecule has 0 aliphatic rings. The van der Waals surface area contributed by atoms with Gasteiger partial charge in [0.25, 0.3) is 5.91 Å². The minimum atomic E-state index is -0.668. The van der Waals surface area contributed by atoms with Gasteiger partial charge in [0, 0.05) is 17.6 Å². The summed E-state index contributed by atoms with van der Waals surface area (Å²) in [7, 11) is 0. The number of unbranched alkanes of at least 4 members (excludes halogenated alkanes) is 1. The molecule has 2 rings (SSSR count). The lowest BCUT2D eigenvalue weighted by atomic mass is 10.1. The minimum Gasteiger partial charge on any atom is -0.482 e. The summed E-state index contributed by atoms with van der Waals surface area (Å²) in [5.74, 6) is -0.562. The summed E-state index contributed by atoms with van der Waals surface area (Å²) < 4.78 is 19.7. The molecule has 2 aromatic carbocycles. The lowest BCUT2D eigenvalue weighted by Gasteiger charge is -2.30. The number of carbonyl (C=O) groups excluding carboxylic acids is 2. The van der Waals surface area contributed by atoms with Gasteiger partial charge in [0.05, 0.1) is 5.02 Å². The largest absolute Gasteiger partial charge is 0.482 e. The Hall–Kier alpha value is -2.12. The smallest absolute Gasteiger partial charge is 0.261 e. The summed E-state index contributed by atoms with van der Waals surface area (Å²) in [6.07, 6.45) is 2.25. The molecule has 5 nitrogen and oxygen atoms in total. The molecule has 2 amide bonds. The van der Waals surface area contributed by atoms with Gasteiger partial charge in [-0.1, -0.05) is 59.9 Å². The maximum absolute atomic E-state index is 13.3. The number of nitrogens with one attached hydrogen (secondary N) is 1. The van der Waals surface area contributed by atoms with Crippen molar-refractivity contribution in [2.75, 3.05) is 13.2 Å². The van der Waals surface area contributed by atoms with E-state index in [1.54, 1.807) is 30.3 Å². The quantitative estimate of drug-likeness (QED) is 0.412. The summed E-state index contributed by atoms with van der Waals surface area (Å²) in [5, 5.41) is 3.27. The second-order valence-electron chi connectivity index (χ2n) is 7.08. The fraction of sp³-hybridized carbons (Fsp3) is 0.391. The molecule has 0 spiro atoms. The fourth-order valence-electron chi connectivity index (χ4n) is 3.03. The highest BCUT2D eigenvalue weighted by Crippen LogP contribution is 2.27. The van der Waals surface area contributed by atoms with Crippen LogP contribution in [-0.4, -0.2) is 35.9 Å². The first kappa shape index (κ1) is 25.1. The lowest BCUT2D eigenvalue weighted by Crippen LogP contribution is -2.50. The van der Waals surface area contributed by atoms with Crippen molar-refractivity contribution >= 4 is 39.3 Å². The fourth-order valence-corrected chi connectivity index (χ4v) is 3.75. The molecule has 0 radical (unpaired) electrons. The van der Waals surface area contributed by atoms with Crippen LogP contribution in [0.25, 0.3) is 0 Å². The molecule has 0 unspecified atom stereocenters. The summed E-state index contributed by atoms with van der Waals surface area (Å²) in [6.45, 7) is 4.33. The average molecular weight is 514 g/mol. The van der Waals surface area contributed by atoms with Crippen molar-refractivity contribution in [1.29, 1.82) is 0 Å². The molecule has 31 heavy (non-hydrogen) atoms. The normalized spacial score (nSPS) is 11.6. The van der Waals surface area contributed by atoms with E-state index in [0.29, 0.717) is 23.7 Å². The van der Waals surface area contributed by atoms with E-state index in [1.807, 2.05) is 13.8 Å². The molecule has 1 N–H and O–H groups in total. The Balaban J connectivity index is 2.18. The van der Waals surface area contributed by atoms with Gasteiger partial charge in [0.15, 0.2) is 6.61 Å². The molecule has 0 fully saturated rings. The number of halogens is 3. The zero-order valence-corrected chi connectivity index (χ0v) is 20.0. The van der Waals surface area contributed by atoms with Crippen molar-refractivity contribution in [3.05, 3.63) is 63.3 Å². The predicted octanol–water partition coefficient (Wildman–Crippen LogP) is 5.34. The molecule has 0 heterocycles. The number of nitrogens with zero attached hydrogens (tertiary/aromatic N) is 1. The van der Waals surface area contributed by atoms with Gasteiger partial charge in [0.1, 0.15) is 17.6 Å². The van der Waals surface area contributed by atoms with Gasteiger partial charge in [-0.2, -0.15) is 0 Å². The number of amides is 2. The molecule has 2 aromatic rings. The van der Waals surface area contributed by atoms with Crippen molar-refractivity contribution < 1.29 is 18.7 Å². The van der Waals surface area contributed by atoms with Crippen molar-refractivity contribution in [2.24, 2.45) is 0 Å². The van der Waals surface area contributed by atoms with Gasteiger partial charge in [-0.3, -0.25) is 9.59 Å². The molecule has 0 aliphatic heterocycles. The highest BCUT2D eigenvalue weighted by atomic mass is 79.9. The molecule has 0 saturated carbocycles. The van der Waals surface area contributed by atoms with Crippen molar-refractivity contribution in [3.63, 3.8) is 0 Å². The SMILES string of the molecule is CCCCNC(=O)[C@H](CC)N(Cc1ccc(F)cc1)C(=O)COc1ccc(Br)cc1Cl. The molecule has 0 saturated heterocycles. The summed E-state index contributed by atoms with van der Waals surface area (Å²) in [4.78, 5) is 27.3. The van der Waals surface area contributed by atoms with Crippen LogP contribution in [0.1, 0.15) is 38.7 Å². The van der Waals surface area contributed by atoms with Crippen LogP contribution >= 0.6 is 27.5 Å². The Labute approximate surface area is 196 Å². The maximum Gasteiger partial charge on any atom is 0.261 e. The predicted molar refractivity (Wildman–Crippen MR) is 124 cm³/mol. The monoisotopic (exact) mass is 512 g/mol. The van der Waals surface area contributed by atoms with Crippen molar-refractivity contribution in [3.8, 4) is 5.75 Å². The zero-order valence-electron chi connectivity index (χ0n) is 17.7. The highest BCUT2D eigenvalue weighted by Gasteiger charge is 2.29. The number of rotatable bonds is 11. The Morgan fingerprint density at radius 2 is 1.90 bits per heavy atom. The van der Waals surface area contributed by atoms with Crippen molar-refractivity contribution in [1.82, 2.24) is 10.2 Å². The van der Waals surface area contributed by atoms with Gasteiger partial charge < -0.3 is 15.0 Å². The molecule has 0 bridgehead atoms. The van der Waals surface area contributed by atoms with E-state index >= 15 is 0 Å². The lowest BCUT2D eigenvalue weighted by molar-refractivity contribution is -0.143. The number of ether oxygens (including phenoxy) is 1. The Morgan fingerprint density at radius 1 is 1.19 bits per heavy atom. The van der Waals surface area contributed by atoms with Gasteiger partial charge in [0.2, 0.25) is 5.91 Å². The summed E-state index contributed by atoms with van der Waals surface area (Å²) >= 11 is 9.49. The van der Waals surface area contributed by atoms with Crippen LogP contribution < -0.4 is 10.1 Å². The zero-order chi connectivity index (χ0) is 22.8. The minimum absolute atomic E-state index is 0.163. The third kappa shape index (κ3) is 7.82. The third-order valence-corrected chi connectivity index (χ3v) is 5.52. The molecule has 0 aliphatic carbocycles. The van der Waals surface area contributed by atoms with Crippen LogP contribution in [0.5, 0.6) is 5.75 Å². The average Bonchev–Trinajstić information content (AvgIpc) is 2.74. The first-order valence-corrected chi connectivity index (χ1v) is 11.4. The van der Waals surface area contributed by atoms with E-state index < -0.39 is 6.04 Å². The number of hydrogen-bond donors (Lipinski definition) is 1. The number of carbonyl (C=O) groups is 2. The number of hydrogen-bond acceptors (Lipinski definition) is 3. The Kier molecular flexibility index (Phi) is 10.3. The van der Waals surface area contributed by atoms with E-state index in [1.165, 1.54) is 17.0 Å². The van der Waals surface area contributed by atoms with Gasteiger partial charge in [-0.25, -0.2) is 4.39 Å². The van der Waals surface area contributed by atoms with Crippen LogP contribution in [0, 0.1) is 5.82 Å². The van der Waals surface area contributed by atoms with Crippen LogP contribution in [0.4, 0.5) is 4.39 Å². The van der Waals surface area contributed by atoms with E-state index in [-0.39, 0.29) is 30.8 Å². The first-order chi connectivity index (χ1) is 14.8. The third-order valence-electron chi connectivity index (χ3n) is 4.73. The second-order valence-corrected chi connectivity index (χ2v) is 8.40. The summed E-state index contributed by atoms with van der Waals surface area (Å²) in [6, 6.07) is 10.3. The van der Waals surface area contributed by atoms with Crippen LogP contribution in [0.3, 0.4) is 0 Å². The van der Waals surface area contributed by atoms with Crippen LogP contribution in [0.15, 0.2) is 46.9 Å². The maximum atomic E-state index is 13.3. The van der Waals surface area contributed by atoms with Gasteiger partial charge in [-0.05, 0) is 48.7 Å². The highest BCUT2D eigenvalue weighted by molar-refractivity contribution is 9.10. The summed E-state index contributed by atoms with van der Waals surface area (Å²) in [5.41, 5.74) is 0.719. The molecule has 8 heteroatoms. The van der Waals surface area contributed by atoms with Gasteiger partial charge >= 0.3 is 0 Å². The molecule has 0 aromatic heterocycles. The number of benzene rings is 2. The van der Waals surface area contributed by atoms with E-state index in [9.17, 15) is 14.0 Å². The van der Waals surface area contributed by atoms with Crippen LogP contribution in [0.2, 0.25) is 5.02 Å². The van der Waals surface area contributed by atoms with Crippen molar-refractivity contribution in [2.45, 2.75) is 45.7 Å². The Bertz CT molecular complexity index is 880.